The van der Waals surface area contributed by atoms with Crippen LogP contribution in [0.4, 0.5) is 0 Å². The van der Waals surface area contributed by atoms with Crippen LogP contribution in [0.1, 0.15) is 29.2 Å². The molecule has 0 spiro atoms. The number of hydrogen-bond donors (Lipinski definition) is 1. The number of rotatable bonds is 1. The molecule has 1 aliphatic heterocycles. The number of benzene rings is 1. The van der Waals surface area contributed by atoms with E-state index >= 15 is 0 Å². The molecule has 0 radical (unpaired) electrons. The zero-order valence-electron chi connectivity index (χ0n) is 8.94. The summed E-state index contributed by atoms with van der Waals surface area (Å²) in [6.07, 6.45) is 0.0554. The lowest BCUT2D eigenvalue weighted by molar-refractivity contribution is -0.427. The van der Waals surface area contributed by atoms with Gasteiger partial charge in [-0.05, 0) is 31.1 Å². The first-order valence-corrected chi connectivity index (χ1v) is 5.27. The van der Waals surface area contributed by atoms with E-state index in [0.29, 0.717) is 6.42 Å². The monoisotopic (exact) mass is 206 g/mol. The van der Waals surface area contributed by atoms with E-state index in [-0.39, 0.29) is 6.61 Å². The minimum absolute atomic E-state index is 0.0422. The van der Waals surface area contributed by atoms with Crippen molar-refractivity contribution in [3.63, 3.8) is 0 Å². The number of nitrogens with zero attached hydrogens (tertiary/aromatic N) is 1. The van der Waals surface area contributed by atoms with Crippen LogP contribution in [0.15, 0.2) is 18.2 Å². The van der Waals surface area contributed by atoms with Crippen molar-refractivity contribution < 1.29 is 10.2 Å². The SMILES string of the molecule is CN1CCC([O-])c2ccc(CO)cc2C1. The maximum absolute atomic E-state index is 11.8. The second kappa shape index (κ2) is 4.31. The standard InChI is InChI=1S/C12H16NO2/c1-13-5-4-12(15)11-3-2-9(8-14)6-10(11)7-13/h2-3,6,12,14H,4-5,7-8H2,1H3/q-1. The first kappa shape index (κ1) is 10.6. The Morgan fingerprint density at radius 1 is 1.53 bits per heavy atom. The summed E-state index contributed by atoms with van der Waals surface area (Å²) in [5.41, 5.74) is 2.86. The lowest BCUT2D eigenvalue weighted by Gasteiger charge is -2.22. The van der Waals surface area contributed by atoms with Gasteiger partial charge in [-0.3, -0.25) is 0 Å². The number of hydrogen-bond acceptors (Lipinski definition) is 3. The summed E-state index contributed by atoms with van der Waals surface area (Å²) in [6.45, 7) is 1.69. The Morgan fingerprint density at radius 3 is 3.07 bits per heavy atom. The van der Waals surface area contributed by atoms with Crippen LogP contribution in [0, 0.1) is 0 Å². The molecule has 0 amide bonds. The molecule has 1 aromatic carbocycles. The molecule has 15 heavy (non-hydrogen) atoms. The van der Waals surface area contributed by atoms with E-state index < -0.39 is 6.10 Å². The van der Waals surface area contributed by atoms with E-state index in [9.17, 15) is 5.11 Å². The van der Waals surface area contributed by atoms with Gasteiger partial charge >= 0.3 is 0 Å². The number of aliphatic hydroxyl groups is 1. The van der Waals surface area contributed by atoms with Crippen LogP contribution in [-0.2, 0) is 13.2 Å². The Morgan fingerprint density at radius 2 is 2.33 bits per heavy atom. The molecule has 3 nitrogen and oxygen atoms in total. The van der Waals surface area contributed by atoms with Crippen molar-refractivity contribution in [3.05, 3.63) is 34.9 Å². The van der Waals surface area contributed by atoms with Gasteiger partial charge in [0.1, 0.15) is 0 Å². The van der Waals surface area contributed by atoms with E-state index in [1.165, 1.54) is 0 Å². The van der Waals surface area contributed by atoms with Crippen molar-refractivity contribution in [1.29, 1.82) is 0 Å². The average Bonchev–Trinajstić information content (AvgIpc) is 2.38. The highest BCUT2D eigenvalue weighted by Gasteiger charge is 2.13. The van der Waals surface area contributed by atoms with Crippen molar-refractivity contribution in [1.82, 2.24) is 4.90 Å². The molecule has 0 aliphatic carbocycles. The van der Waals surface area contributed by atoms with Crippen LogP contribution >= 0.6 is 0 Å². The Balaban J connectivity index is 2.38. The molecule has 0 bridgehead atoms. The quantitative estimate of drug-likeness (QED) is 0.724. The molecule has 82 valence electrons. The minimum atomic E-state index is -0.613. The molecule has 3 heteroatoms. The van der Waals surface area contributed by atoms with Crippen molar-refractivity contribution in [2.24, 2.45) is 0 Å². The molecule has 0 saturated carbocycles. The van der Waals surface area contributed by atoms with Gasteiger partial charge in [0.05, 0.1) is 6.61 Å². The Kier molecular flexibility index (Phi) is 3.05. The van der Waals surface area contributed by atoms with Gasteiger partial charge in [-0.15, -0.1) is 0 Å². The maximum atomic E-state index is 11.8. The fraction of sp³-hybridized carbons (Fsp3) is 0.500. The molecule has 0 aromatic heterocycles. The summed E-state index contributed by atoms with van der Waals surface area (Å²) in [6, 6.07) is 5.66. The van der Waals surface area contributed by atoms with Crippen molar-refractivity contribution >= 4 is 0 Å². The van der Waals surface area contributed by atoms with Gasteiger partial charge in [0, 0.05) is 6.54 Å². The van der Waals surface area contributed by atoms with Gasteiger partial charge in [-0.1, -0.05) is 29.9 Å². The van der Waals surface area contributed by atoms with Crippen LogP contribution in [0.2, 0.25) is 0 Å². The summed E-state index contributed by atoms with van der Waals surface area (Å²) in [7, 11) is 2.02. The summed E-state index contributed by atoms with van der Waals surface area (Å²) < 4.78 is 0. The maximum Gasteiger partial charge on any atom is 0.0681 e. The van der Waals surface area contributed by atoms with Gasteiger partial charge in [0.2, 0.25) is 0 Å². The zero-order valence-corrected chi connectivity index (χ0v) is 8.94. The third-order valence-electron chi connectivity index (χ3n) is 2.95. The molecule has 1 atom stereocenters. The lowest BCUT2D eigenvalue weighted by Crippen LogP contribution is -2.20. The van der Waals surface area contributed by atoms with Crippen LogP contribution < -0.4 is 5.11 Å². The average molecular weight is 206 g/mol. The Hall–Kier alpha value is -0.900. The predicted molar refractivity (Wildman–Crippen MR) is 56.1 cm³/mol. The minimum Gasteiger partial charge on any atom is -0.848 e. The van der Waals surface area contributed by atoms with Crippen LogP contribution in [0.3, 0.4) is 0 Å². The van der Waals surface area contributed by atoms with Crippen LogP contribution in [0.5, 0.6) is 0 Å². The molecule has 2 rings (SSSR count). The predicted octanol–water partition coefficient (Wildman–Crippen LogP) is 0.416. The highest BCUT2D eigenvalue weighted by molar-refractivity contribution is 5.34. The van der Waals surface area contributed by atoms with Gasteiger partial charge in [0.15, 0.2) is 0 Å². The highest BCUT2D eigenvalue weighted by atomic mass is 16.3. The van der Waals surface area contributed by atoms with E-state index in [2.05, 4.69) is 4.90 Å². The van der Waals surface area contributed by atoms with E-state index in [0.717, 1.165) is 29.8 Å². The van der Waals surface area contributed by atoms with Crippen molar-refractivity contribution in [3.8, 4) is 0 Å². The molecule has 0 fully saturated rings. The van der Waals surface area contributed by atoms with Crippen LogP contribution in [-0.4, -0.2) is 23.6 Å². The molecular weight excluding hydrogens is 190 g/mol. The van der Waals surface area contributed by atoms with Crippen molar-refractivity contribution in [2.45, 2.75) is 25.7 Å². The zero-order chi connectivity index (χ0) is 10.8. The number of aliphatic hydroxyl groups excluding tert-OH is 1. The topological polar surface area (TPSA) is 46.5 Å². The normalized spacial score (nSPS) is 22.2. The summed E-state index contributed by atoms with van der Waals surface area (Å²) >= 11 is 0. The van der Waals surface area contributed by atoms with E-state index in [4.69, 9.17) is 5.11 Å². The third-order valence-corrected chi connectivity index (χ3v) is 2.95. The summed E-state index contributed by atoms with van der Waals surface area (Å²) in [4.78, 5) is 2.15. The first-order valence-electron chi connectivity index (χ1n) is 5.27. The van der Waals surface area contributed by atoms with E-state index in [1.54, 1.807) is 0 Å². The lowest BCUT2D eigenvalue weighted by atomic mass is 9.99. The molecular formula is C12H16NO2-. The van der Waals surface area contributed by atoms with Gasteiger partial charge < -0.3 is 15.1 Å². The summed E-state index contributed by atoms with van der Waals surface area (Å²) in [5.74, 6) is 0. The van der Waals surface area contributed by atoms with Crippen molar-refractivity contribution in [2.75, 3.05) is 13.6 Å². The molecule has 1 aliphatic rings. The van der Waals surface area contributed by atoms with Gasteiger partial charge in [0.25, 0.3) is 0 Å². The smallest absolute Gasteiger partial charge is 0.0681 e. The highest BCUT2D eigenvalue weighted by Crippen LogP contribution is 2.24. The number of fused-ring (bicyclic) bond motifs is 1. The second-order valence-electron chi connectivity index (χ2n) is 4.21. The largest absolute Gasteiger partial charge is 0.848 e. The van der Waals surface area contributed by atoms with Gasteiger partial charge in [-0.25, -0.2) is 0 Å². The molecule has 1 aromatic rings. The van der Waals surface area contributed by atoms with E-state index in [1.807, 2.05) is 25.2 Å². The molecule has 1 N–H and O–H groups in total. The fourth-order valence-electron chi connectivity index (χ4n) is 2.07. The van der Waals surface area contributed by atoms with Crippen LogP contribution in [0.25, 0.3) is 0 Å². The Labute approximate surface area is 90.0 Å². The fourth-order valence-corrected chi connectivity index (χ4v) is 2.07. The summed E-state index contributed by atoms with van der Waals surface area (Å²) in [5, 5.41) is 20.9. The first-order chi connectivity index (χ1) is 7.20. The second-order valence-corrected chi connectivity index (χ2v) is 4.21. The Bertz CT molecular complexity index is 351. The molecule has 1 heterocycles. The van der Waals surface area contributed by atoms with Gasteiger partial charge in [-0.2, -0.15) is 0 Å². The third kappa shape index (κ3) is 2.20. The molecule has 0 saturated heterocycles. The molecule has 1 unspecified atom stereocenters.